The molecule has 0 atom stereocenters. The summed E-state index contributed by atoms with van der Waals surface area (Å²) in [6.07, 6.45) is 1.45. The molecular weight excluding hydrogens is 373 g/mol. The zero-order chi connectivity index (χ0) is 19.9. The van der Waals surface area contributed by atoms with Crippen LogP contribution in [0.4, 0.5) is 4.39 Å². The third-order valence-corrected chi connectivity index (χ3v) is 4.48. The molecule has 0 radical (unpaired) electrons. The fraction of sp³-hybridized carbons (Fsp3) is 0.263. The van der Waals surface area contributed by atoms with E-state index in [1.807, 2.05) is 0 Å². The molecule has 0 fully saturated rings. The van der Waals surface area contributed by atoms with Crippen LogP contribution in [0.1, 0.15) is 21.5 Å². The quantitative estimate of drug-likeness (QED) is 0.692. The van der Waals surface area contributed by atoms with Gasteiger partial charge >= 0.3 is 5.97 Å². The van der Waals surface area contributed by atoms with Crippen LogP contribution in [0.5, 0.6) is 0 Å². The van der Waals surface area contributed by atoms with E-state index in [-0.39, 0.29) is 23.7 Å². The number of rotatable bonds is 8. The van der Waals surface area contributed by atoms with Crippen LogP contribution in [-0.2, 0) is 31.5 Å². The van der Waals surface area contributed by atoms with Crippen LogP contribution in [0.25, 0.3) is 0 Å². The van der Waals surface area contributed by atoms with Gasteiger partial charge in [-0.1, -0.05) is 30.3 Å². The molecule has 0 heterocycles. The maximum absolute atomic E-state index is 13.5. The number of carbonyl (C=O) groups is 2. The maximum Gasteiger partial charge on any atom is 0.338 e. The molecule has 0 aromatic heterocycles. The third-order valence-electron chi connectivity index (χ3n) is 3.63. The summed E-state index contributed by atoms with van der Waals surface area (Å²) < 4.78 is 40.8. The van der Waals surface area contributed by atoms with Gasteiger partial charge in [0.15, 0.2) is 16.4 Å². The molecule has 6 nitrogen and oxygen atoms in total. The van der Waals surface area contributed by atoms with Crippen molar-refractivity contribution in [1.29, 1.82) is 0 Å². The fourth-order valence-corrected chi connectivity index (χ4v) is 3.14. The van der Waals surface area contributed by atoms with Gasteiger partial charge in [-0.25, -0.2) is 17.6 Å². The van der Waals surface area contributed by atoms with Gasteiger partial charge in [-0.2, -0.15) is 0 Å². The SMILES string of the molecule is CS(=O)(=O)Cc1ccc(C(=O)OCC(=O)NCCc2ccccc2F)cc1. The Balaban J connectivity index is 1.76. The van der Waals surface area contributed by atoms with E-state index in [1.165, 1.54) is 30.3 Å². The first-order valence-electron chi connectivity index (χ1n) is 8.18. The molecule has 144 valence electrons. The highest BCUT2D eigenvalue weighted by molar-refractivity contribution is 7.89. The molecule has 1 N–H and O–H groups in total. The number of amides is 1. The van der Waals surface area contributed by atoms with Gasteiger partial charge in [0.2, 0.25) is 0 Å². The Morgan fingerprint density at radius 2 is 1.74 bits per heavy atom. The van der Waals surface area contributed by atoms with E-state index in [1.54, 1.807) is 18.2 Å². The van der Waals surface area contributed by atoms with Crippen molar-refractivity contribution in [2.45, 2.75) is 12.2 Å². The highest BCUT2D eigenvalue weighted by Gasteiger charge is 2.11. The van der Waals surface area contributed by atoms with E-state index in [9.17, 15) is 22.4 Å². The number of sulfone groups is 1. The Labute approximate surface area is 157 Å². The Bertz CT molecular complexity index is 910. The predicted octanol–water partition coefficient (Wildman–Crippen LogP) is 1.89. The van der Waals surface area contributed by atoms with Crippen molar-refractivity contribution in [3.05, 3.63) is 71.0 Å². The Morgan fingerprint density at radius 1 is 1.07 bits per heavy atom. The third kappa shape index (κ3) is 7.18. The first-order chi connectivity index (χ1) is 12.7. The summed E-state index contributed by atoms with van der Waals surface area (Å²) in [5.74, 6) is -1.64. The predicted molar refractivity (Wildman–Crippen MR) is 98.4 cm³/mol. The molecule has 2 aromatic carbocycles. The molecule has 0 aliphatic rings. The van der Waals surface area contributed by atoms with Gasteiger partial charge in [-0.05, 0) is 35.7 Å². The molecule has 8 heteroatoms. The van der Waals surface area contributed by atoms with Gasteiger partial charge in [0.1, 0.15) is 5.82 Å². The van der Waals surface area contributed by atoms with Crippen LogP contribution in [0.15, 0.2) is 48.5 Å². The molecule has 0 saturated carbocycles. The van der Waals surface area contributed by atoms with E-state index in [0.717, 1.165) is 6.26 Å². The minimum atomic E-state index is -3.16. The van der Waals surface area contributed by atoms with Crippen LogP contribution in [0.3, 0.4) is 0 Å². The Morgan fingerprint density at radius 3 is 2.37 bits per heavy atom. The summed E-state index contributed by atoms with van der Waals surface area (Å²) in [6, 6.07) is 12.2. The number of esters is 1. The molecule has 0 aliphatic carbocycles. The topological polar surface area (TPSA) is 89.5 Å². The molecule has 0 bridgehead atoms. The minimum absolute atomic E-state index is 0.118. The van der Waals surface area contributed by atoms with E-state index < -0.39 is 28.3 Å². The molecule has 0 spiro atoms. The molecule has 0 saturated heterocycles. The summed E-state index contributed by atoms with van der Waals surface area (Å²) in [5.41, 5.74) is 1.26. The Kier molecular flexibility index (Phi) is 7.06. The van der Waals surface area contributed by atoms with Crippen molar-refractivity contribution in [2.24, 2.45) is 0 Å². The van der Waals surface area contributed by atoms with Gasteiger partial charge in [0.25, 0.3) is 5.91 Å². The van der Waals surface area contributed by atoms with E-state index >= 15 is 0 Å². The maximum atomic E-state index is 13.5. The molecule has 27 heavy (non-hydrogen) atoms. The number of carbonyl (C=O) groups excluding carboxylic acids is 2. The lowest BCUT2D eigenvalue weighted by Crippen LogP contribution is -2.30. The first-order valence-corrected chi connectivity index (χ1v) is 10.2. The van der Waals surface area contributed by atoms with Crippen LogP contribution in [-0.4, -0.2) is 39.7 Å². The largest absolute Gasteiger partial charge is 0.452 e. The number of halogens is 1. The van der Waals surface area contributed by atoms with Crippen molar-refractivity contribution in [3.8, 4) is 0 Å². The zero-order valence-corrected chi connectivity index (χ0v) is 15.6. The van der Waals surface area contributed by atoms with Crippen LogP contribution in [0.2, 0.25) is 0 Å². The minimum Gasteiger partial charge on any atom is -0.452 e. The molecule has 2 rings (SSSR count). The second-order valence-corrected chi connectivity index (χ2v) is 8.17. The molecule has 0 aliphatic heterocycles. The number of ether oxygens (including phenoxy) is 1. The highest BCUT2D eigenvalue weighted by Crippen LogP contribution is 2.09. The molecular formula is C19H20FNO5S. The monoisotopic (exact) mass is 393 g/mol. The van der Waals surface area contributed by atoms with Gasteiger partial charge in [-0.15, -0.1) is 0 Å². The van der Waals surface area contributed by atoms with Crippen molar-refractivity contribution in [3.63, 3.8) is 0 Å². The second-order valence-electron chi connectivity index (χ2n) is 6.03. The average Bonchev–Trinajstić information content (AvgIpc) is 2.60. The average molecular weight is 393 g/mol. The van der Waals surface area contributed by atoms with Gasteiger partial charge in [0, 0.05) is 12.8 Å². The van der Waals surface area contributed by atoms with Crippen molar-refractivity contribution in [1.82, 2.24) is 5.32 Å². The number of hydrogen-bond acceptors (Lipinski definition) is 5. The second kappa shape index (κ2) is 9.27. The Hall–Kier alpha value is -2.74. The van der Waals surface area contributed by atoms with Crippen LogP contribution >= 0.6 is 0 Å². The van der Waals surface area contributed by atoms with Crippen LogP contribution in [0, 0.1) is 5.82 Å². The van der Waals surface area contributed by atoms with Crippen molar-refractivity contribution in [2.75, 3.05) is 19.4 Å². The fourth-order valence-electron chi connectivity index (χ4n) is 2.34. The lowest BCUT2D eigenvalue weighted by Gasteiger charge is -2.08. The van der Waals surface area contributed by atoms with E-state index in [4.69, 9.17) is 4.74 Å². The van der Waals surface area contributed by atoms with Gasteiger partial charge in [0.05, 0.1) is 11.3 Å². The van der Waals surface area contributed by atoms with Crippen molar-refractivity contribution >= 4 is 21.7 Å². The zero-order valence-electron chi connectivity index (χ0n) is 14.8. The summed E-state index contributed by atoms with van der Waals surface area (Å²) in [7, 11) is -3.16. The standard InChI is InChI=1S/C19H20FNO5S/c1-27(24,25)13-14-6-8-16(9-7-14)19(23)26-12-18(22)21-11-10-15-4-2-3-5-17(15)20/h2-9H,10-13H2,1H3,(H,21,22). The summed E-state index contributed by atoms with van der Waals surface area (Å²) in [4.78, 5) is 23.6. The lowest BCUT2D eigenvalue weighted by molar-refractivity contribution is -0.124. The van der Waals surface area contributed by atoms with Crippen LogP contribution < -0.4 is 5.32 Å². The summed E-state index contributed by atoms with van der Waals surface area (Å²) in [6.45, 7) is -0.237. The normalized spacial score (nSPS) is 11.0. The number of hydrogen-bond donors (Lipinski definition) is 1. The van der Waals surface area contributed by atoms with Gasteiger partial charge in [-0.3, -0.25) is 4.79 Å². The first kappa shape index (κ1) is 20.6. The number of nitrogens with one attached hydrogen (secondary N) is 1. The lowest BCUT2D eigenvalue weighted by atomic mass is 10.1. The smallest absolute Gasteiger partial charge is 0.338 e. The van der Waals surface area contributed by atoms with E-state index in [0.29, 0.717) is 17.5 Å². The molecule has 1 amide bonds. The summed E-state index contributed by atoms with van der Waals surface area (Å²) >= 11 is 0. The molecule has 0 unspecified atom stereocenters. The molecule has 2 aromatic rings. The van der Waals surface area contributed by atoms with Gasteiger partial charge < -0.3 is 10.1 Å². The highest BCUT2D eigenvalue weighted by atomic mass is 32.2. The van der Waals surface area contributed by atoms with Crippen molar-refractivity contribution < 1.29 is 27.1 Å². The number of benzene rings is 2. The summed E-state index contributed by atoms with van der Waals surface area (Å²) in [5, 5.41) is 2.55. The van der Waals surface area contributed by atoms with E-state index in [2.05, 4.69) is 5.32 Å².